The van der Waals surface area contributed by atoms with E-state index in [1.54, 1.807) is 6.20 Å². The summed E-state index contributed by atoms with van der Waals surface area (Å²) in [5.41, 5.74) is 0. The number of aromatic nitrogens is 1. The Kier molecular flexibility index (Phi) is 4.44. The standard InChI is InChI=1S/C11H14BrClN2O/c12-10-5-9(13)6-15-11(10)14-3-1-8-2-4-16-7-8/h5-6,8H,1-4,7H2,(H,14,15). The third-order valence-corrected chi connectivity index (χ3v) is 3.49. The minimum Gasteiger partial charge on any atom is -0.381 e. The quantitative estimate of drug-likeness (QED) is 0.926. The van der Waals surface area contributed by atoms with E-state index in [-0.39, 0.29) is 0 Å². The fourth-order valence-corrected chi connectivity index (χ4v) is 2.53. The predicted molar refractivity (Wildman–Crippen MR) is 69.0 cm³/mol. The average molecular weight is 306 g/mol. The highest BCUT2D eigenvalue weighted by Crippen LogP contribution is 2.23. The zero-order valence-electron chi connectivity index (χ0n) is 8.88. The summed E-state index contributed by atoms with van der Waals surface area (Å²) in [7, 11) is 0. The molecule has 1 atom stereocenters. The van der Waals surface area contributed by atoms with Crippen molar-refractivity contribution in [1.82, 2.24) is 4.98 Å². The molecule has 1 aromatic heterocycles. The van der Waals surface area contributed by atoms with Crippen LogP contribution in [0, 0.1) is 5.92 Å². The summed E-state index contributed by atoms with van der Waals surface area (Å²) in [5, 5.41) is 3.94. The van der Waals surface area contributed by atoms with E-state index >= 15 is 0 Å². The number of rotatable bonds is 4. The second-order valence-corrected chi connectivity index (χ2v) is 5.22. The first kappa shape index (κ1) is 12.1. The zero-order valence-corrected chi connectivity index (χ0v) is 11.2. The van der Waals surface area contributed by atoms with Crippen LogP contribution in [0.15, 0.2) is 16.7 Å². The zero-order chi connectivity index (χ0) is 11.4. The lowest BCUT2D eigenvalue weighted by Gasteiger charge is -2.10. The largest absolute Gasteiger partial charge is 0.381 e. The Morgan fingerprint density at radius 1 is 1.62 bits per heavy atom. The smallest absolute Gasteiger partial charge is 0.140 e. The molecule has 1 saturated heterocycles. The third-order valence-electron chi connectivity index (χ3n) is 2.68. The van der Waals surface area contributed by atoms with Crippen LogP contribution in [0.2, 0.25) is 5.02 Å². The number of pyridine rings is 1. The molecule has 1 aliphatic heterocycles. The highest BCUT2D eigenvalue weighted by Gasteiger charge is 2.14. The maximum atomic E-state index is 5.82. The van der Waals surface area contributed by atoms with Crippen molar-refractivity contribution in [3.63, 3.8) is 0 Å². The molecule has 3 nitrogen and oxygen atoms in total. The number of nitrogens with one attached hydrogen (secondary N) is 1. The molecule has 0 radical (unpaired) electrons. The van der Waals surface area contributed by atoms with Gasteiger partial charge in [-0.05, 0) is 40.8 Å². The van der Waals surface area contributed by atoms with Gasteiger partial charge in [-0.1, -0.05) is 11.6 Å². The van der Waals surface area contributed by atoms with Crippen molar-refractivity contribution in [2.45, 2.75) is 12.8 Å². The second kappa shape index (κ2) is 5.84. The summed E-state index contributed by atoms with van der Waals surface area (Å²) in [6, 6.07) is 1.84. The summed E-state index contributed by atoms with van der Waals surface area (Å²) in [5.74, 6) is 1.54. The van der Waals surface area contributed by atoms with Crippen molar-refractivity contribution in [3.05, 3.63) is 21.8 Å². The van der Waals surface area contributed by atoms with E-state index in [1.165, 1.54) is 6.42 Å². The van der Waals surface area contributed by atoms with Crippen LogP contribution in [0.1, 0.15) is 12.8 Å². The van der Waals surface area contributed by atoms with Crippen LogP contribution in [0.25, 0.3) is 0 Å². The minimum absolute atomic E-state index is 0.640. The lowest BCUT2D eigenvalue weighted by atomic mass is 10.1. The van der Waals surface area contributed by atoms with Gasteiger partial charge in [0.05, 0.1) is 9.50 Å². The van der Waals surface area contributed by atoms with Crippen molar-refractivity contribution in [3.8, 4) is 0 Å². The van der Waals surface area contributed by atoms with E-state index in [4.69, 9.17) is 16.3 Å². The molecule has 0 aromatic carbocycles. The van der Waals surface area contributed by atoms with Crippen molar-refractivity contribution >= 4 is 33.3 Å². The fourth-order valence-electron chi connectivity index (χ4n) is 1.75. The maximum Gasteiger partial charge on any atom is 0.140 e. The third kappa shape index (κ3) is 3.34. The topological polar surface area (TPSA) is 34.2 Å². The number of anilines is 1. The number of nitrogens with zero attached hydrogens (tertiary/aromatic N) is 1. The Morgan fingerprint density at radius 2 is 2.50 bits per heavy atom. The Bertz CT molecular complexity index is 356. The van der Waals surface area contributed by atoms with Crippen molar-refractivity contribution < 1.29 is 4.74 Å². The Labute approximate surface area is 109 Å². The number of ether oxygens (including phenoxy) is 1. The van der Waals surface area contributed by atoms with Crippen LogP contribution in [-0.2, 0) is 4.74 Å². The van der Waals surface area contributed by atoms with E-state index in [0.29, 0.717) is 10.9 Å². The van der Waals surface area contributed by atoms with Gasteiger partial charge in [0.15, 0.2) is 0 Å². The first-order valence-corrected chi connectivity index (χ1v) is 6.55. The van der Waals surface area contributed by atoms with E-state index in [0.717, 1.165) is 36.5 Å². The number of hydrogen-bond acceptors (Lipinski definition) is 3. The van der Waals surface area contributed by atoms with Crippen LogP contribution in [0.5, 0.6) is 0 Å². The molecular formula is C11H14BrClN2O. The molecule has 0 saturated carbocycles. The van der Waals surface area contributed by atoms with Crippen LogP contribution < -0.4 is 5.32 Å². The molecule has 0 bridgehead atoms. The van der Waals surface area contributed by atoms with Gasteiger partial charge in [-0.25, -0.2) is 4.98 Å². The van der Waals surface area contributed by atoms with Gasteiger partial charge in [-0.2, -0.15) is 0 Å². The summed E-state index contributed by atoms with van der Waals surface area (Å²) < 4.78 is 6.23. The minimum atomic E-state index is 0.640. The number of halogens is 2. The van der Waals surface area contributed by atoms with Crippen molar-refractivity contribution in [2.24, 2.45) is 5.92 Å². The predicted octanol–water partition coefficient (Wildman–Crippen LogP) is 3.34. The van der Waals surface area contributed by atoms with Crippen LogP contribution in [0.3, 0.4) is 0 Å². The molecule has 1 unspecified atom stereocenters. The van der Waals surface area contributed by atoms with Gasteiger partial charge in [0.25, 0.3) is 0 Å². The van der Waals surface area contributed by atoms with Gasteiger partial charge in [0.2, 0.25) is 0 Å². The SMILES string of the molecule is Clc1cnc(NCCC2CCOC2)c(Br)c1. The molecule has 1 fully saturated rings. The molecule has 0 spiro atoms. The molecule has 0 amide bonds. The van der Waals surface area contributed by atoms with E-state index in [1.807, 2.05) is 6.07 Å². The molecule has 88 valence electrons. The van der Waals surface area contributed by atoms with Gasteiger partial charge in [0.1, 0.15) is 5.82 Å². The average Bonchev–Trinajstić information content (AvgIpc) is 2.74. The van der Waals surface area contributed by atoms with E-state index < -0.39 is 0 Å². The lowest BCUT2D eigenvalue weighted by molar-refractivity contribution is 0.185. The molecule has 1 aromatic rings. The summed E-state index contributed by atoms with van der Waals surface area (Å²) >= 11 is 9.24. The first-order chi connectivity index (χ1) is 7.75. The Balaban J connectivity index is 1.80. The van der Waals surface area contributed by atoms with Crippen LogP contribution in [0.4, 0.5) is 5.82 Å². The van der Waals surface area contributed by atoms with Crippen molar-refractivity contribution in [2.75, 3.05) is 25.1 Å². The molecular weight excluding hydrogens is 291 g/mol. The molecule has 0 aliphatic carbocycles. The van der Waals surface area contributed by atoms with Crippen molar-refractivity contribution in [1.29, 1.82) is 0 Å². The second-order valence-electron chi connectivity index (χ2n) is 3.93. The van der Waals surface area contributed by atoms with E-state index in [2.05, 4.69) is 26.2 Å². The molecule has 1 aliphatic rings. The summed E-state index contributed by atoms with van der Waals surface area (Å²) in [4.78, 5) is 4.22. The maximum absolute atomic E-state index is 5.82. The fraction of sp³-hybridized carbons (Fsp3) is 0.545. The summed E-state index contributed by atoms with van der Waals surface area (Å²) in [6.45, 7) is 2.73. The van der Waals surface area contributed by atoms with Crippen LogP contribution in [-0.4, -0.2) is 24.7 Å². The van der Waals surface area contributed by atoms with Crippen LogP contribution >= 0.6 is 27.5 Å². The van der Waals surface area contributed by atoms with Gasteiger partial charge in [-0.3, -0.25) is 0 Å². The molecule has 2 rings (SSSR count). The molecule has 2 heterocycles. The van der Waals surface area contributed by atoms with Gasteiger partial charge < -0.3 is 10.1 Å². The first-order valence-electron chi connectivity index (χ1n) is 5.38. The highest BCUT2D eigenvalue weighted by atomic mass is 79.9. The lowest BCUT2D eigenvalue weighted by Crippen LogP contribution is -2.10. The highest BCUT2D eigenvalue weighted by molar-refractivity contribution is 9.10. The van der Waals surface area contributed by atoms with Gasteiger partial charge in [0, 0.05) is 26.0 Å². The normalized spacial score (nSPS) is 20.0. The Hall–Kier alpha value is -0.320. The molecule has 16 heavy (non-hydrogen) atoms. The van der Waals surface area contributed by atoms with Gasteiger partial charge in [-0.15, -0.1) is 0 Å². The monoisotopic (exact) mass is 304 g/mol. The summed E-state index contributed by atoms with van der Waals surface area (Å²) in [6.07, 6.45) is 3.95. The van der Waals surface area contributed by atoms with Gasteiger partial charge >= 0.3 is 0 Å². The molecule has 5 heteroatoms. The Morgan fingerprint density at radius 3 is 3.19 bits per heavy atom. The van der Waals surface area contributed by atoms with E-state index in [9.17, 15) is 0 Å². The number of hydrogen-bond donors (Lipinski definition) is 1. The molecule has 1 N–H and O–H groups in total.